The van der Waals surface area contributed by atoms with Crippen molar-refractivity contribution in [3.63, 3.8) is 0 Å². The van der Waals surface area contributed by atoms with Crippen LogP contribution in [-0.4, -0.2) is 22.8 Å². The normalized spacial score (nSPS) is 11.1. The minimum absolute atomic E-state index is 0.0409. The van der Waals surface area contributed by atoms with Crippen LogP contribution >= 0.6 is 0 Å². The Labute approximate surface area is 188 Å². The molecule has 0 saturated heterocycles. The molecule has 0 radical (unpaired) electrons. The third kappa shape index (κ3) is 3.96. The van der Waals surface area contributed by atoms with Gasteiger partial charge in [-0.25, -0.2) is 0 Å². The van der Waals surface area contributed by atoms with Crippen LogP contribution in [0.4, 0.5) is 0 Å². The van der Waals surface area contributed by atoms with Crippen LogP contribution in [0, 0.1) is 0 Å². The van der Waals surface area contributed by atoms with Crippen molar-refractivity contribution in [2.75, 3.05) is 7.11 Å². The molecule has 0 saturated carbocycles. The zero-order valence-electron chi connectivity index (χ0n) is 17.9. The SMILES string of the molecule is COc1ccc(-c2cc(COC(=O)Cn3c4ccccc4c(=O)c4ccccc43)on2)cc1. The van der Waals surface area contributed by atoms with Gasteiger partial charge in [0.25, 0.3) is 0 Å². The summed E-state index contributed by atoms with van der Waals surface area (Å²) in [5.74, 6) is 0.735. The maximum atomic E-state index is 12.8. The Morgan fingerprint density at radius 3 is 2.21 bits per heavy atom. The molecule has 2 aromatic heterocycles. The molecule has 0 amide bonds. The van der Waals surface area contributed by atoms with Gasteiger partial charge in [0, 0.05) is 22.4 Å². The molecule has 5 aromatic rings. The predicted octanol–water partition coefficient (Wildman–Crippen LogP) is 4.56. The molecule has 0 aliphatic rings. The van der Waals surface area contributed by atoms with E-state index in [2.05, 4.69) is 5.16 Å². The fourth-order valence-electron chi connectivity index (χ4n) is 3.85. The van der Waals surface area contributed by atoms with Gasteiger partial charge < -0.3 is 18.6 Å². The molecule has 0 N–H and O–H groups in total. The number of para-hydroxylation sites is 2. The first kappa shape index (κ1) is 20.5. The molecule has 2 heterocycles. The van der Waals surface area contributed by atoms with Gasteiger partial charge >= 0.3 is 5.97 Å². The smallest absolute Gasteiger partial charge is 0.326 e. The zero-order valence-corrected chi connectivity index (χ0v) is 17.9. The molecule has 3 aromatic carbocycles. The topological polar surface area (TPSA) is 83.6 Å². The molecule has 164 valence electrons. The molecule has 5 rings (SSSR count). The van der Waals surface area contributed by atoms with Crippen molar-refractivity contribution in [1.82, 2.24) is 9.72 Å². The second-order valence-corrected chi connectivity index (χ2v) is 7.52. The Hall–Kier alpha value is -4.39. The van der Waals surface area contributed by atoms with Crippen LogP contribution < -0.4 is 10.2 Å². The zero-order chi connectivity index (χ0) is 22.8. The van der Waals surface area contributed by atoms with Crippen molar-refractivity contribution in [3.8, 4) is 17.0 Å². The Bertz CT molecular complexity index is 1460. The fourth-order valence-corrected chi connectivity index (χ4v) is 3.85. The maximum absolute atomic E-state index is 12.8. The lowest BCUT2D eigenvalue weighted by Gasteiger charge is -2.14. The third-order valence-electron chi connectivity index (χ3n) is 5.49. The van der Waals surface area contributed by atoms with Gasteiger partial charge in [-0.1, -0.05) is 29.4 Å². The van der Waals surface area contributed by atoms with Gasteiger partial charge in [-0.2, -0.15) is 0 Å². The third-order valence-corrected chi connectivity index (χ3v) is 5.49. The van der Waals surface area contributed by atoms with Crippen LogP contribution in [0.25, 0.3) is 33.1 Å². The van der Waals surface area contributed by atoms with Crippen molar-refractivity contribution in [2.45, 2.75) is 13.2 Å². The van der Waals surface area contributed by atoms with Crippen LogP contribution in [0.5, 0.6) is 5.75 Å². The van der Waals surface area contributed by atoms with E-state index in [0.717, 1.165) is 11.3 Å². The van der Waals surface area contributed by atoms with E-state index in [-0.39, 0.29) is 18.6 Å². The maximum Gasteiger partial charge on any atom is 0.326 e. The highest BCUT2D eigenvalue weighted by Crippen LogP contribution is 2.23. The highest BCUT2D eigenvalue weighted by Gasteiger charge is 2.15. The lowest BCUT2D eigenvalue weighted by Crippen LogP contribution is -2.18. The number of benzene rings is 3. The molecule has 0 fully saturated rings. The Morgan fingerprint density at radius 1 is 0.939 bits per heavy atom. The van der Waals surface area contributed by atoms with Crippen LogP contribution in [-0.2, 0) is 22.7 Å². The fraction of sp³-hybridized carbons (Fsp3) is 0.115. The van der Waals surface area contributed by atoms with Crippen molar-refractivity contribution in [3.05, 3.63) is 94.8 Å². The number of nitrogens with zero attached hydrogens (tertiary/aromatic N) is 2. The average Bonchev–Trinajstić information content (AvgIpc) is 3.34. The van der Waals surface area contributed by atoms with Crippen LogP contribution in [0.2, 0.25) is 0 Å². The van der Waals surface area contributed by atoms with E-state index in [0.29, 0.717) is 33.3 Å². The second-order valence-electron chi connectivity index (χ2n) is 7.52. The van der Waals surface area contributed by atoms with Gasteiger partial charge in [-0.3, -0.25) is 9.59 Å². The number of rotatable bonds is 6. The number of fused-ring (bicyclic) bond motifs is 2. The first-order valence-electron chi connectivity index (χ1n) is 10.4. The lowest BCUT2D eigenvalue weighted by molar-refractivity contribution is -0.146. The van der Waals surface area contributed by atoms with E-state index in [9.17, 15) is 9.59 Å². The number of ether oxygens (including phenoxy) is 2. The molecule has 33 heavy (non-hydrogen) atoms. The Kier molecular flexibility index (Phi) is 5.36. The van der Waals surface area contributed by atoms with Crippen molar-refractivity contribution >= 4 is 27.8 Å². The Balaban J connectivity index is 1.35. The van der Waals surface area contributed by atoms with E-state index in [1.54, 1.807) is 29.9 Å². The van der Waals surface area contributed by atoms with E-state index < -0.39 is 5.97 Å². The van der Waals surface area contributed by atoms with Crippen molar-refractivity contribution < 1.29 is 18.8 Å². The number of carbonyl (C=O) groups is 1. The van der Waals surface area contributed by atoms with E-state index in [1.807, 2.05) is 60.7 Å². The van der Waals surface area contributed by atoms with Crippen molar-refractivity contribution in [2.24, 2.45) is 0 Å². The van der Waals surface area contributed by atoms with Crippen LogP contribution in [0.15, 0.2) is 88.2 Å². The van der Waals surface area contributed by atoms with Gasteiger partial charge in [-0.15, -0.1) is 0 Å². The second kappa shape index (κ2) is 8.63. The summed E-state index contributed by atoms with van der Waals surface area (Å²) in [7, 11) is 1.61. The van der Waals surface area contributed by atoms with E-state index >= 15 is 0 Å². The molecule has 0 bridgehead atoms. The molecule has 0 aliphatic carbocycles. The van der Waals surface area contributed by atoms with Crippen LogP contribution in [0.1, 0.15) is 5.76 Å². The number of methoxy groups -OCH3 is 1. The molecule has 0 aliphatic heterocycles. The summed E-state index contributed by atoms with van der Waals surface area (Å²) in [4.78, 5) is 25.5. The number of aromatic nitrogens is 2. The monoisotopic (exact) mass is 440 g/mol. The molecule has 0 atom stereocenters. The molecule has 7 nitrogen and oxygen atoms in total. The van der Waals surface area contributed by atoms with Crippen molar-refractivity contribution in [1.29, 1.82) is 0 Å². The van der Waals surface area contributed by atoms with Gasteiger partial charge in [0.15, 0.2) is 17.8 Å². The molecule has 0 unspecified atom stereocenters. The van der Waals surface area contributed by atoms with Gasteiger partial charge in [0.2, 0.25) is 0 Å². The molecule has 0 spiro atoms. The first-order valence-corrected chi connectivity index (χ1v) is 10.4. The van der Waals surface area contributed by atoms with Gasteiger partial charge in [-0.05, 0) is 48.5 Å². The largest absolute Gasteiger partial charge is 0.497 e. The highest BCUT2D eigenvalue weighted by atomic mass is 16.5. The van der Waals surface area contributed by atoms with E-state index in [1.165, 1.54) is 0 Å². The minimum Gasteiger partial charge on any atom is -0.497 e. The number of hydrogen-bond donors (Lipinski definition) is 0. The van der Waals surface area contributed by atoms with E-state index in [4.69, 9.17) is 14.0 Å². The Morgan fingerprint density at radius 2 is 1.58 bits per heavy atom. The number of carbonyl (C=O) groups excluding carboxylic acids is 1. The molecular weight excluding hydrogens is 420 g/mol. The predicted molar refractivity (Wildman–Crippen MR) is 124 cm³/mol. The number of pyridine rings is 1. The average molecular weight is 440 g/mol. The number of esters is 1. The first-order chi connectivity index (χ1) is 16.1. The standard InChI is InChI=1S/C26H20N2O5/c1-31-18-12-10-17(11-13-18)22-14-19(33-27-22)16-32-25(29)15-28-23-8-4-2-6-20(23)26(30)21-7-3-5-9-24(21)28/h2-14H,15-16H2,1H3. The van der Waals surface area contributed by atoms with Gasteiger partial charge in [0.05, 0.1) is 18.1 Å². The summed E-state index contributed by atoms with van der Waals surface area (Å²) >= 11 is 0. The summed E-state index contributed by atoms with van der Waals surface area (Å²) in [5, 5.41) is 5.17. The van der Waals surface area contributed by atoms with Gasteiger partial charge in [0.1, 0.15) is 18.0 Å². The highest BCUT2D eigenvalue weighted by molar-refractivity contribution is 5.94. The lowest BCUT2D eigenvalue weighted by atomic mass is 10.1. The van der Waals surface area contributed by atoms with Crippen LogP contribution in [0.3, 0.4) is 0 Å². The summed E-state index contributed by atoms with van der Waals surface area (Å²) in [5.41, 5.74) is 2.81. The summed E-state index contributed by atoms with van der Waals surface area (Å²) < 4.78 is 17.7. The summed E-state index contributed by atoms with van der Waals surface area (Å²) in [6.07, 6.45) is 0. The number of hydrogen-bond acceptors (Lipinski definition) is 6. The minimum atomic E-state index is -0.448. The summed E-state index contributed by atoms with van der Waals surface area (Å²) in [6, 6.07) is 23.6. The summed E-state index contributed by atoms with van der Waals surface area (Å²) in [6.45, 7) is -0.0845. The molecular formula is C26H20N2O5. The quantitative estimate of drug-likeness (QED) is 0.284. The molecule has 7 heteroatoms.